The van der Waals surface area contributed by atoms with Gasteiger partial charge in [-0.05, 0) is 24.6 Å². The zero-order chi connectivity index (χ0) is 22.4. The Hall–Kier alpha value is -3.22. The molecule has 31 heavy (non-hydrogen) atoms. The fourth-order valence-electron chi connectivity index (χ4n) is 3.51. The first-order valence-corrected chi connectivity index (χ1v) is 11.0. The number of aromatic nitrogens is 4. The molecular weight excluding hydrogens is 439 g/mol. The van der Waals surface area contributed by atoms with Gasteiger partial charge in [-0.3, -0.25) is 14.0 Å². The molecule has 3 heterocycles. The van der Waals surface area contributed by atoms with E-state index in [-0.39, 0.29) is 22.7 Å². The molecule has 0 spiro atoms. The second kappa shape index (κ2) is 7.48. The highest BCUT2D eigenvalue weighted by atomic mass is 32.2. The molecule has 13 heteroatoms. The van der Waals surface area contributed by atoms with Crippen LogP contribution in [0.3, 0.4) is 0 Å². The number of carbonyl (C=O) groups excluding carboxylic acids is 1. The summed E-state index contributed by atoms with van der Waals surface area (Å²) in [7, 11) is -3.17. The lowest BCUT2D eigenvalue weighted by atomic mass is 10.2. The average Bonchev–Trinajstić information content (AvgIpc) is 3.26. The molecule has 9 nitrogen and oxygen atoms in total. The van der Waals surface area contributed by atoms with Crippen molar-refractivity contribution in [3.8, 4) is 0 Å². The maximum atomic E-state index is 12.8. The molecular formula is C18H16F3N5O4S. The molecule has 0 unspecified atom stereocenters. The first-order valence-electron chi connectivity index (χ1n) is 9.14. The lowest BCUT2D eigenvalue weighted by Gasteiger charge is -2.12. The summed E-state index contributed by atoms with van der Waals surface area (Å²) in [5.41, 5.74) is -1.08. The van der Waals surface area contributed by atoms with Crippen LogP contribution in [0.2, 0.25) is 0 Å². The zero-order valence-corrected chi connectivity index (χ0v) is 16.7. The van der Waals surface area contributed by atoms with E-state index in [1.54, 1.807) is 0 Å². The van der Waals surface area contributed by atoms with E-state index in [2.05, 4.69) is 15.4 Å². The number of hydrogen-bond donors (Lipinski definition) is 1. The molecule has 0 radical (unpaired) electrons. The van der Waals surface area contributed by atoms with E-state index in [4.69, 9.17) is 0 Å². The lowest BCUT2D eigenvalue weighted by molar-refractivity contribution is -0.137. The summed E-state index contributed by atoms with van der Waals surface area (Å²) < 4.78 is 64.6. The second-order valence-corrected chi connectivity index (χ2v) is 9.40. The van der Waals surface area contributed by atoms with Gasteiger partial charge in [0.05, 0.1) is 41.0 Å². The summed E-state index contributed by atoms with van der Waals surface area (Å²) in [6, 6.07) is 3.72. The van der Waals surface area contributed by atoms with Gasteiger partial charge < -0.3 is 5.32 Å². The molecule has 1 aromatic carbocycles. The number of amides is 1. The van der Waals surface area contributed by atoms with Gasteiger partial charge >= 0.3 is 11.9 Å². The number of benzene rings is 1. The van der Waals surface area contributed by atoms with Crippen molar-refractivity contribution in [3.05, 3.63) is 52.7 Å². The maximum Gasteiger partial charge on any atom is 0.416 e. The van der Waals surface area contributed by atoms with Crippen molar-refractivity contribution in [1.29, 1.82) is 0 Å². The van der Waals surface area contributed by atoms with Crippen LogP contribution in [0.4, 0.5) is 18.9 Å². The van der Waals surface area contributed by atoms with Crippen molar-refractivity contribution in [2.24, 2.45) is 0 Å². The average molecular weight is 455 g/mol. The number of fused-ring (bicyclic) bond motifs is 1. The van der Waals surface area contributed by atoms with E-state index in [0.29, 0.717) is 11.9 Å². The van der Waals surface area contributed by atoms with Crippen LogP contribution < -0.4 is 11.0 Å². The minimum Gasteiger partial charge on any atom is -0.325 e. The van der Waals surface area contributed by atoms with Crippen molar-refractivity contribution < 1.29 is 26.4 Å². The Morgan fingerprint density at radius 2 is 2.00 bits per heavy atom. The van der Waals surface area contributed by atoms with Gasteiger partial charge in [0.1, 0.15) is 12.1 Å². The molecule has 0 aliphatic carbocycles. The van der Waals surface area contributed by atoms with Crippen LogP contribution in [0, 0.1) is 0 Å². The van der Waals surface area contributed by atoms with Gasteiger partial charge in [-0.15, -0.1) is 0 Å². The van der Waals surface area contributed by atoms with Crippen LogP contribution >= 0.6 is 0 Å². The van der Waals surface area contributed by atoms with Gasteiger partial charge in [0.2, 0.25) is 5.91 Å². The third kappa shape index (κ3) is 4.31. The van der Waals surface area contributed by atoms with Gasteiger partial charge in [0.25, 0.3) is 0 Å². The van der Waals surface area contributed by atoms with Crippen molar-refractivity contribution in [2.75, 3.05) is 16.8 Å². The van der Waals surface area contributed by atoms with E-state index < -0.39 is 45.8 Å². The fraction of sp³-hybridized carbons (Fsp3) is 0.333. The Bertz CT molecular complexity index is 1330. The predicted molar refractivity (Wildman–Crippen MR) is 104 cm³/mol. The molecule has 1 amide bonds. The highest BCUT2D eigenvalue weighted by Gasteiger charge is 2.32. The number of alkyl halides is 3. The Morgan fingerprint density at radius 1 is 1.23 bits per heavy atom. The van der Waals surface area contributed by atoms with Crippen LogP contribution in [0.5, 0.6) is 0 Å². The van der Waals surface area contributed by atoms with E-state index in [9.17, 15) is 31.2 Å². The number of nitrogens with zero attached hydrogens (tertiary/aromatic N) is 4. The molecule has 3 aromatic rings. The number of nitrogens with one attached hydrogen (secondary N) is 1. The van der Waals surface area contributed by atoms with Gasteiger partial charge in [0.15, 0.2) is 9.84 Å². The number of sulfone groups is 1. The van der Waals surface area contributed by atoms with E-state index in [1.807, 2.05) is 0 Å². The highest BCUT2D eigenvalue weighted by molar-refractivity contribution is 7.91. The van der Waals surface area contributed by atoms with Crippen LogP contribution in [0.25, 0.3) is 11.0 Å². The molecule has 1 saturated heterocycles. The van der Waals surface area contributed by atoms with Gasteiger partial charge in [-0.2, -0.15) is 23.3 Å². The van der Waals surface area contributed by atoms with Crippen LogP contribution in [-0.2, 0) is 27.4 Å². The van der Waals surface area contributed by atoms with Crippen LogP contribution in [0.1, 0.15) is 18.0 Å². The summed E-state index contributed by atoms with van der Waals surface area (Å²) in [6.07, 6.45) is -1.60. The molecule has 1 atom stereocenters. The zero-order valence-electron chi connectivity index (χ0n) is 15.8. The maximum absolute atomic E-state index is 12.8. The number of hydrogen-bond acceptors (Lipinski definition) is 6. The lowest BCUT2D eigenvalue weighted by Crippen LogP contribution is -2.29. The Morgan fingerprint density at radius 3 is 2.68 bits per heavy atom. The first kappa shape index (κ1) is 21.0. The third-order valence-electron chi connectivity index (χ3n) is 4.96. The number of halogens is 3. The molecule has 1 N–H and O–H groups in total. The van der Waals surface area contributed by atoms with E-state index in [0.717, 1.165) is 22.8 Å². The molecule has 1 aliphatic heterocycles. The smallest absolute Gasteiger partial charge is 0.325 e. The standard InChI is InChI=1S/C18H16F3N5O4S/c19-18(20,21)11-2-1-3-12(6-11)24-16(27)9-25-14-8-23-26(15(14)7-22-17(25)28)13-4-5-31(29,30)10-13/h1-3,6-8,13H,4-5,9-10H2,(H,24,27)/t13-/m1/s1. The van der Waals surface area contributed by atoms with Crippen molar-refractivity contribution in [1.82, 2.24) is 19.3 Å². The number of anilines is 1. The Labute approximate surface area is 173 Å². The summed E-state index contributed by atoms with van der Waals surface area (Å²) in [6.45, 7) is -0.506. The molecule has 0 saturated carbocycles. The quantitative estimate of drug-likeness (QED) is 0.639. The molecule has 164 valence electrons. The monoisotopic (exact) mass is 455 g/mol. The molecule has 2 aromatic heterocycles. The minimum atomic E-state index is -4.56. The third-order valence-corrected chi connectivity index (χ3v) is 6.71. The summed E-state index contributed by atoms with van der Waals surface area (Å²) in [5, 5.41) is 6.50. The van der Waals surface area contributed by atoms with Crippen molar-refractivity contribution >= 4 is 32.5 Å². The summed E-state index contributed by atoms with van der Waals surface area (Å²) >= 11 is 0. The van der Waals surface area contributed by atoms with Crippen molar-refractivity contribution in [3.63, 3.8) is 0 Å². The van der Waals surface area contributed by atoms with Crippen LogP contribution in [-0.4, -0.2) is 45.2 Å². The SMILES string of the molecule is O=C(Cn1c(=O)ncc2c1cnn2[C@@H]1CCS(=O)(=O)C1)Nc1cccc(C(F)(F)F)c1. The summed E-state index contributed by atoms with van der Waals surface area (Å²) in [5.74, 6) is -0.781. The normalized spacial score (nSPS) is 18.4. The second-order valence-electron chi connectivity index (χ2n) is 7.17. The van der Waals surface area contributed by atoms with Crippen LogP contribution in [0.15, 0.2) is 41.5 Å². The number of rotatable bonds is 4. The van der Waals surface area contributed by atoms with Crippen molar-refractivity contribution in [2.45, 2.75) is 25.2 Å². The fourth-order valence-corrected chi connectivity index (χ4v) is 5.21. The predicted octanol–water partition coefficient (Wildman–Crippen LogP) is 1.61. The van der Waals surface area contributed by atoms with Gasteiger partial charge in [-0.25, -0.2) is 13.2 Å². The molecule has 1 aliphatic rings. The van der Waals surface area contributed by atoms with E-state index in [1.165, 1.54) is 23.1 Å². The number of carbonyl (C=O) groups is 1. The molecule has 1 fully saturated rings. The van der Waals surface area contributed by atoms with E-state index >= 15 is 0 Å². The largest absolute Gasteiger partial charge is 0.416 e. The Balaban J connectivity index is 1.59. The highest BCUT2D eigenvalue weighted by Crippen LogP contribution is 2.30. The van der Waals surface area contributed by atoms with Gasteiger partial charge in [-0.1, -0.05) is 6.07 Å². The molecule has 4 rings (SSSR count). The first-order chi connectivity index (χ1) is 14.5. The molecule has 0 bridgehead atoms. The Kier molecular flexibility index (Phi) is 5.07. The summed E-state index contributed by atoms with van der Waals surface area (Å²) in [4.78, 5) is 28.4. The topological polar surface area (TPSA) is 116 Å². The minimum absolute atomic E-state index is 0.0332. The van der Waals surface area contributed by atoms with Gasteiger partial charge in [0, 0.05) is 5.69 Å².